The highest BCUT2D eigenvalue weighted by Gasteiger charge is 2.26. The van der Waals surface area contributed by atoms with Gasteiger partial charge in [-0.15, -0.1) is 0 Å². The quantitative estimate of drug-likeness (QED) is 0.650. The largest absolute Gasteiger partial charge is 0.495 e. The van der Waals surface area contributed by atoms with Crippen molar-refractivity contribution in [2.75, 3.05) is 13.7 Å². The van der Waals surface area contributed by atoms with Crippen LogP contribution in [0.1, 0.15) is 36.7 Å². The van der Waals surface area contributed by atoms with Crippen molar-refractivity contribution in [1.29, 1.82) is 0 Å². The van der Waals surface area contributed by atoms with Gasteiger partial charge in [-0.1, -0.05) is 34.1 Å². The minimum Gasteiger partial charge on any atom is -0.495 e. The Morgan fingerprint density at radius 2 is 1.82 bits per heavy atom. The first-order valence-electron chi connectivity index (χ1n) is 8.77. The van der Waals surface area contributed by atoms with E-state index in [0.29, 0.717) is 13.0 Å². The molecule has 0 saturated heterocycles. The van der Waals surface area contributed by atoms with E-state index in [1.165, 1.54) is 19.2 Å². The number of halogens is 1. The second-order valence-electron chi connectivity index (χ2n) is 7.32. The predicted octanol–water partition coefficient (Wildman–Crippen LogP) is 3.51. The highest BCUT2D eigenvalue weighted by Crippen LogP contribution is 2.26. The van der Waals surface area contributed by atoms with E-state index in [2.05, 4.69) is 26.0 Å². The Bertz CT molecular complexity index is 953. The molecule has 0 atom stereocenters. The molecule has 0 aliphatic heterocycles. The lowest BCUT2D eigenvalue weighted by atomic mass is 10.1. The molecule has 2 aromatic carbocycles. The highest BCUT2D eigenvalue weighted by atomic mass is 79.9. The van der Waals surface area contributed by atoms with E-state index >= 15 is 0 Å². The van der Waals surface area contributed by atoms with Gasteiger partial charge in [-0.05, 0) is 57.0 Å². The molecular weight excluding hydrogens is 444 g/mol. The average molecular weight is 469 g/mol. The van der Waals surface area contributed by atoms with Gasteiger partial charge in [-0.2, -0.15) is 0 Å². The molecule has 0 unspecified atom stereocenters. The molecule has 0 spiro atoms. The molecule has 0 aliphatic carbocycles. The summed E-state index contributed by atoms with van der Waals surface area (Å²) in [5.41, 5.74) is 0.669. The molecule has 6 nitrogen and oxygen atoms in total. The predicted molar refractivity (Wildman–Crippen MR) is 113 cm³/mol. The van der Waals surface area contributed by atoms with Gasteiger partial charge in [0.2, 0.25) is 10.0 Å². The summed E-state index contributed by atoms with van der Waals surface area (Å²) < 4.78 is 34.2. The number of hydrogen-bond acceptors (Lipinski definition) is 4. The Kier molecular flexibility index (Phi) is 7.25. The Hall–Kier alpha value is -1.90. The Morgan fingerprint density at radius 3 is 2.43 bits per heavy atom. The number of amides is 1. The van der Waals surface area contributed by atoms with E-state index < -0.39 is 15.6 Å². The van der Waals surface area contributed by atoms with Gasteiger partial charge in [0.15, 0.2) is 0 Å². The van der Waals surface area contributed by atoms with Crippen LogP contribution in [0.3, 0.4) is 0 Å². The molecule has 0 bridgehead atoms. The fraction of sp³-hybridized carbons (Fsp3) is 0.350. The Labute approximate surface area is 174 Å². The van der Waals surface area contributed by atoms with Crippen LogP contribution in [0, 0.1) is 0 Å². The molecule has 8 heteroatoms. The van der Waals surface area contributed by atoms with E-state index in [1.54, 1.807) is 26.8 Å². The number of methoxy groups -OCH3 is 1. The van der Waals surface area contributed by atoms with Crippen molar-refractivity contribution in [3.05, 3.63) is 58.1 Å². The number of carbonyl (C=O) groups is 1. The van der Waals surface area contributed by atoms with Crippen LogP contribution < -0.4 is 14.8 Å². The third-order valence-electron chi connectivity index (χ3n) is 3.79. The minimum absolute atomic E-state index is 0.0663. The maximum Gasteiger partial charge on any atom is 0.251 e. The molecular formula is C20H25BrN2O4S. The smallest absolute Gasteiger partial charge is 0.251 e. The number of nitrogens with one attached hydrogen (secondary N) is 2. The van der Waals surface area contributed by atoms with Crippen molar-refractivity contribution in [2.45, 2.75) is 37.6 Å². The second-order valence-corrected chi connectivity index (χ2v) is 9.82. The average Bonchev–Trinajstić information content (AvgIpc) is 2.60. The van der Waals surface area contributed by atoms with Gasteiger partial charge in [0.1, 0.15) is 10.6 Å². The van der Waals surface area contributed by atoms with E-state index in [9.17, 15) is 13.2 Å². The molecule has 0 heterocycles. The van der Waals surface area contributed by atoms with Crippen molar-refractivity contribution in [3.63, 3.8) is 0 Å². The van der Waals surface area contributed by atoms with Gasteiger partial charge < -0.3 is 10.1 Å². The third kappa shape index (κ3) is 6.05. The molecule has 2 rings (SSSR count). The van der Waals surface area contributed by atoms with Gasteiger partial charge in [0.05, 0.1) is 7.11 Å². The zero-order valence-corrected chi connectivity index (χ0v) is 18.8. The van der Waals surface area contributed by atoms with Crippen LogP contribution in [0.2, 0.25) is 0 Å². The molecule has 2 aromatic rings. The highest BCUT2D eigenvalue weighted by molar-refractivity contribution is 9.10. The number of rotatable bonds is 7. The minimum atomic E-state index is -3.85. The lowest BCUT2D eigenvalue weighted by Crippen LogP contribution is -2.40. The Balaban J connectivity index is 2.17. The van der Waals surface area contributed by atoms with Gasteiger partial charge >= 0.3 is 0 Å². The standard InChI is InChI=1S/C20H25BrN2O4S/c1-20(2,3)23-28(25,26)18-13-15(9-10-17(18)27-4)19(24)22-12-11-14-7-5-6-8-16(14)21/h5-10,13,23H,11-12H2,1-4H3,(H,22,24). The van der Waals surface area contributed by atoms with E-state index in [-0.39, 0.29) is 22.1 Å². The zero-order chi connectivity index (χ0) is 20.9. The van der Waals surface area contributed by atoms with Crippen molar-refractivity contribution >= 4 is 31.9 Å². The summed E-state index contributed by atoms with van der Waals surface area (Å²) in [5.74, 6) is -0.163. The van der Waals surface area contributed by atoms with Crippen LogP contribution in [-0.4, -0.2) is 33.5 Å². The van der Waals surface area contributed by atoms with E-state index in [1.807, 2.05) is 24.3 Å². The first-order chi connectivity index (χ1) is 13.0. The lowest BCUT2D eigenvalue weighted by Gasteiger charge is -2.21. The zero-order valence-electron chi connectivity index (χ0n) is 16.4. The van der Waals surface area contributed by atoms with Crippen LogP contribution in [0.5, 0.6) is 5.75 Å². The van der Waals surface area contributed by atoms with Gasteiger partial charge in [0, 0.05) is 22.1 Å². The number of ether oxygens (including phenoxy) is 1. The van der Waals surface area contributed by atoms with E-state index in [0.717, 1.165) is 10.0 Å². The summed E-state index contributed by atoms with van der Waals surface area (Å²) in [5, 5.41) is 2.82. The van der Waals surface area contributed by atoms with Gasteiger partial charge in [-0.3, -0.25) is 4.79 Å². The van der Waals surface area contributed by atoms with Crippen LogP contribution >= 0.6 is 15.9 Å². The molecule has 0 aliphatic rings. The third-order valence-corrected chi connectivity index (χ3v) is 6.35. The first-order valence-corrected chi connectivity index (χ1v) is 11.0. The number of sulfonamides is 1. The Morgan fingerprint density at radius 1 is 1.14 bits per heavy atom. The summed E-state index contributed by atoms with van der Waals surface area (Å²) in [6, 6.07) is 12.2. The summed E-state index contributed by atoms with van der Waals surface area (Å²) in [6.07, 6.45) is 0.653. The van der Waals surface area contributed by atoms with Gasteiger partial charge in [-0.25, -0.2) is 13.1 Å². The molecule has 2 N–H and O–H groups in total. The molecule has 0 aromatic heterocycles. The van der Waals surface area contributed by atoms with Crippen molar-refractivity contribution < 1.29 is 17.9 Å². The van der Waals surface area contributed by atoms with E-state index in [4.69, 9.17) is 4.74 Å². The molecule has 0 radical (unpaired) electrons. The van der Waals surface area contributed by atoms with Gasteiger partial charge in [0.25, 0.3) is 5.91 Å². The number of carbonyl (C=O) groups excluding carboxylic acids is 1. The summed E-state index contributed by atoms with van der Waals surface area (Å²) in [6.45, 7) is 5.66. The molecule has 152 valence electrons. The molecule has 0 fully saturated rings. The fourth-order valence-electron chi connectivity index (χ4n) is 2.60. The lowest BCUT2D eigenvalue weighted by molar-refractivity contribution is 0.0954. The molecule has 0 saturated carbocycles. The molecule has 28 heavy (non-hydrogen) atoms. The van der Waals surface area contributed by atoms with Crippen LogP contribution in [0.15, 0.2) is 51.8 Å². The monoisotopic (exact) mass is 468 g/mol. The summed E-state index contributed by atoms with van der Waals surface area (Å²) in [7, 11) is -2.46. The number of hydrogen-bond donors (Lipinski definition) is 2. The normalized spacial score (nSPS) is 11.9. The first kappa shape index (κ1) is 22.4. The van der Waals surface area contributed by atoms with Crippen LogP contribution in [0.25, 0.3) is 0 Å². The SMILES string of the molecule is COc1ccc(C(=O)NCCc2ccccc2Br)cc1S(=O)(=O)NC(C)(C)C. The molecule has 1 amide bonds. The van der Waals surface area contributed by atoms with Crippen molar-refractivity contribution in [2.24, 2.45) is 0 Å². The number of benzene rings is 2. The van der Waals surface area contributed by atoms with Crippen LogP contribution in [-0.2, 0) is 16.4 Å². The summed E-state index contributed by atoms with van der Waals surface area (Å²) >= 11 is 3.48. The van der Waals surface area contributed by atoms with Crippen molar-refractivity contribution in [3.8, 4) is 5.75 Å². The van der Waals surface area contributed by atoms with Crippen molar-refractivity contribution in [1.82, 2.24) is 10.0 Å². The topological polar surface area (TPSA) is 84.5 Å². The second kappa shape index (κ2) is 9.07. The summed E-state index contributed by atoms with van der Waals surface area (Å²) in [4.78, 5) is 12.4. The maximum atomic E-state index is 12.7. The maximum absolute atomic E-state index is 12.7. The fourth-order valence-corrected chi connectivity index (χ4v) is 4.70. The van der Waals surface area contributed by atoms with Crippen LogP contribution in [0.4, 0.5) is 0 Å².